The number of carboxylic acids is 1. The van der Waals surface area contributed by atoms with E-state index >= 15 is 0 Å². The number of aliphatic hydroxyl groups is 3. The first kappa shape index (κ1) is 18.6. The molecule has 0 aromatic carbocycles. The Hall–Kier alpha value is -1.70. The van der Waals surface area contributed by atoms with Crippen LogP contribution in [0.25, 0.3) is 0 Å². The third-order valence-electron chi connectivity index (χ3n) is 3.33. The van der Waals surface area contributed by atoms with Crippen molar-refractivity contribution in [2.45, 2.75) is 29.4 Å². The van der Waals surface area contributed by atoms with Crippen LogP contribution in [0.1, 0.15) is 6.23 Å². The van der Waals surface area contributed by atoms with Crippen LogP contribution in [0.4, 0.5) is 0 Å². The molecule has 24 heavy (non-hydrogen) atoms. The summed E-state index contributed by atoms with van der Waals surface area (Å²) in [6.45, 7) is -0.840. The predicted octanol–water partition coefficient (Wildman–Crippen LogP) is -3.13. The molecule has 0 bridgehead atoms. The number of H-pyrrole nitrogens is 1. The highest BCUT2D eigenvalue weighted by molar-refractivity contribution is 7.99. The van der Waals surface area contributed by atoms with Crippen LogP contribution >= 0.6 is 11.8 Å². The van der Waals surface area contributed by atoms with Crippen molar-refractivity contribution >= 4 is 17.7 Å². The fourth-order valence-electron chi connectivity index (χ4n) is 2.16. The van der Waals surface area contributed by atoms with Gasteiger partial charge in [-0.15, -0.1) is 11.8 Å². The van der Waals surface area contributed by atoms with E-state index in [4.69, 9.17) is 14.9 Å². The second-order valence-corrected chi connectivity index (χ2v) is 6.02. The molecule has 0 aliphatic carbocycles. The van der Waals surface area contributed by atoms with Crippen molar-refractivity contribution < 1.29 is 30.0 Å². The molecule has 0 radical (unpaired) electrons. The van der Waals surface area contributed by atoms with Gasteiger partial charge in [0.2, 0.25) is 0 Å². The molecular weight excluding hydrogens is 346 g/mol. The number of nitrogens with zero attached hydrogens (tertiary/aromatic N) is 1. The third kappa shape index (κ3) is 4.03. The maximum Gasteiger partial charge on any atom is 0.330 e. The number of hydrogen-bond acceptors (Lipinski definition) is 9. The number of aliphatic carboxylic acids is 1. The normalized spacial score (nSPS) is 26.6. The van der Waals surface area contributed by atoms with Gasteiger partial charge in [0.1, 0.15) is 18.3 Å². The summed E-state index contributed by atoms with van der Waals surface area (Å²) in [5.74, 6) is -0.954. The molecule has 1 aromatic heterocycles. The van der Waals surface area contributed by atoms with E-state index in [1.165, 1.54) is 0 Å². The quantitative estimate of drug-likeness (QED) is 0.165. The number of nitrogens with one attached hydrogen (secondary N) is 2. The fraction of sp³-hybridized carbons (Fsp3) is 0.583. The summed E-state index contributed by atoms with van der Waals surface area (Å²) >= 11 is 0.952. The first-order chi connectivity index (χ1) is 11.3. The molecule has 2 rings (SSSR count). The Bertz CT molecular complexity index is 704. The number of ether oxygens (including phenoxy) is 1. The number of aromatic amines is 1. The molecule has 134 valence electrons. The van der Waals surface area contributed by atoms with E-state index in [0.717, 1.165) is 22.5 Å². The van der Waals surface area contributed by atoms with Crippen LogP contribution in [-0.4, -0.2) is 73.3 Å². The van der Waals surface area contributed by atoms with Crippen molar-refractivity contribution in [3.63, 3.8) is 0 Å². The molecule has 2 heterocycles. The van der Waals surface area contributed by atoms with E-state index in [2.05, 4.69) is 10.3 Å². The Labute approximate surface area is 138 Å². The zero-order chi connectivity index (χ0) is 17.9. The van der Waals surface area contributed by atoms with E-state index in [0.29, 0.717) is 0 Å². The van der Waals surface area contributed by atoms with E-state index in [1.54, 1.807) is 0 Å². The predicted molar refractivity (Wildman–Crippen MR) is 80.7 cm³/mol. The molecule has 12 heteroatoms. The molecular formula is C12H17N3O8S. The Kier molecular flexibility index (Phi) is 6.15. The Balaban J connectivity index is 2.19. The molecule has 0 unspecified atom stereocenters. The molecule has 1 aromatic rings. The summed E-state index contributed by atoms with van der Waals surface area (Å²) in [5, 5.41) is 39.8. The summed E-state index contributed by atoms with van der Waals surface area (Å²) in [6, 6.07) is 0. The highest BCUT2D eigenvalue weighted by Gasteiger charge is 2.43. The van der Waals surface area contributed by atoms with Gasteiger partial charge in [0.15, 0.2) is 6.23 Å². The van der Waals surface area contributed by atoms with Gasteiger partial charge in [-0.05, 0) is 0 Å². The van der Waals surface area contributed by atoms with E-state index < -0.39 is 48.4 Å². The number of thioether (sulfide) groups is 1. The summed E-state index contributed by atoms with van der Waals surface area (Å²) in [6.07, 6.45) is -4.03. The molecule has 4 atom stereocenters. The number of rotatable bonds is 7. The van der Waals surface area contributed by atoms with E-state index in [1.807, 2.05) is 0 Å². The standard InChI is InChI=1S/C12H17N3O8S/c16-3-5-8(19)9(20)11(23-5)15-2-6(10(21)14-12(15)22)24-4-13-1-7(17)18/h2,5,8-9,11,13,16,19-20H,1,3-4H2,(H,17,18)(H,14,21,22)/t5-,8-,9-,11-/m1/s1. The van der Waals surface area contributed by atoms with Crippen LogP contribution in [0.15, 0.2) is 20.7 Å². The van der Waals surface area contributed by atoms with Crippen LogP contribution in [0.3, 0.4) is 0 Å². The smallest absolute Gasteiger partial charge is 0.330 e. The van der Waals surface area contributed by atoms with Gasteiger partial charge in [-0.3, -0.25) is 24.5 Å². The lowest BCUT2D eigenvalue weighted by atomic mass is 10.1. The average Bonchev–Trinajstić information content (AvgIpc) is 2.81. The van der Waals surface area contributed by atoms with Crippen LogP contribution < -0.4 is 16.6 Å². The topological polar surface area (TPSA) is 174 Å². The maximum absolute atomic E-state index is 11.9. The minimum Gasteiger partial charge on any atom is -0.480 e. The fourth-order valence-corrected chi connectivity index (χ4v) is 2.89. The summed E-state index contributed by atoms with van der Waals surface area (Å²) in [4.78, 5) is 36.2. The molecule has 1 saturated heterocycles. The molecule has 1 fully saturated rings. The van der Waals surface area contributed by atoms with Gasteiger partial charge < -0.3 is 25.2 Å². The molecule has 1 aliphatic heterocycles. The van der Waals surface area contributed by atoms with Gasteiger partial charge in [-0.25, -0.2) is 4.79 Å². The average molecular weight is 363 g/mol. The largest absolute Gasteiger partial charge is 0.480 e. The van der Waals surface area contributed by atoms with Gasteiger partial charge in [-0.2, -0.15) is 0 Å². The van der Waals surface area contributed by atoms with Crippen molar-refractivity contribution in [1.29, 1.82) is 0 Å². The number of carboxylic acid groups (broad SMARTS) is 1. The van der Waals surface area contributed by atoms with E-state index in [9.17, 15) is 24.6 Å². The molecule has 6 N–H and O–H groups in total. The second-order valence-electron chi connectivity index (χ2n) is 5.00. The van der Waals surface area contributed by atoms with Gasteiger partial charge in [0.05, 0.1) is 18.0 Å². The van der Waals surface area contributed by atoms with Crippen molar-refractivity contribution in [2.24, 2.45) is 0 Å². The Morgan fingerprint density at radius 3 is 2.67 bits per heavy atom. The van der Waals surface area contributed by atoms with Crippen LogP contribution in [0, 0.1) is 0 Å². The lowest BCUT2D eigenvalue weighted by Gasteiger charge is -2.17. The van der Waals surface area contributed by atoms with E-state index in [-0.39, 0.29) is 17.3 Å². The lowest BCUT2D eigenvalue weighted by Crippen LogP contribution is -2.38. The molecule has 0 saturated carbocycles. The van der Waals surface area contributed by atoms with Gasteiger partial charge in [0, 0.05) is 12.1 Å². The van der Waals surface area contributed by atoms with Crippen molar-refractivity contribution in [1.82, 2.24) is 14.9 Å². The van der Waals surface area contributed by atoms with Crippen molar-refractivity contribution in [2.75, 3.05) is 19.0 Å². The summed E-state index contributed by atoms with van der Waals surface area (Å²) in [5.41, 5.74) is -1.53. The van der Waals surface area contributed by atoms with Crippen molar-refractivity contribution in [3.8, 4) is 0 Å². The monoisotopic (exact) mass is 363 g/mol. The highest BCUT2D eigenvalue weighted by Crippen LogP contribution is 2.28. The zero-order valence-electron chi connectivity index (χ0n) is 12.3. The lowest BCUT2D eigenvalue weighted by molar-refractivity contribution is -0.135. The number of hydrogen-bond donors (Lipinski definition) is 6. The van der Waals surface area contributed by atoms with Gasteiger partial charge in [-0.1, -0.05) is 0 Å². The van der Waals surface area contributed by atoms with Crippen LogP contribution in [0.5, 0.6) is 0 Å². The minimum atomic E-state index is -1.46. The van der Waals surface area contributed by atoms with Crippen molar-refractivity contribution in [3.05, 3.63) is 27.0 Å². The molecule has 0 amide bonds. The second kappa shape index (κ2) is 7.92. The highest BCUT2D eigenvalue weighted by atomic mass is 32.2. The molecule has 0 spiro atoms. The number of aliphatic hydroxyl groups excluding tert-OH is 3. The number of carbonyl (C=O) groups is 1. The Morgan fingerprint density at radius 2 is 2.08 bits per heavy atom. The van der Waals surface area contributed by atoms with Crippen LogP contribution in [0.2, 0.25) is 0 Å². The number of aromatic nitrogens is 2. The summed E-state index contributed by atoms with van der Waals surface area (Å²) in [7, 11) is 0. The molecule has 1 aliphatic rings. The maximum atomic E-state index is 11.9. The minimum absolute atomic E-state index is 0.0882. The van der Waals surface area contributed by atoms with Gasteiger partial charge in [0.25, 0.3) is 5.56 Å². The first-order valence-electron chi connectivity index (χ1n) is 6.88. The summed E-state index contributed by atoms with van der Waals surface area (Å²) < 4.78 is 6.15. The third-order valence-corrected chi connectivity index (χ3v) is 4.28. The zero-order valence-corrected chi connectivity index (χ0v) is 13.1. The SMILES string of the molecule is O=C(O)CNCSc1cn([C@@H]2O[C@H](CO)[C@@H](O)[C@H]2O)c(=O)[nH]c1=O. The first-order valence-corrected chi connectivity index (χ1v) is 7.87. The van der Waals surface area contributed by atoms with Crippen LogP contribution in [-0.2, 0) is 9.53 Å². The van der Waals surface area contributed by atoms with Gasteiger partial charge >= 0.3 is 11.7 Å². The molecule has 11 nitrogen and oxygen atoms in total. The Morgan fingerprint density at radius 1 is 1.38 bits per heavy atom.